The van der Waals surface area contributed by atoms with Crippen molar-refractivity contribution in [1.29, 1.82) is 0 Å². The van der Waals surface area contributed by atoms with Crippen molar-refractivity contribution in [2.75, 3.05) is 18.5 Å². The first kappa shape index (κ1) is 16.0. The third-order valence-electron chi connectivity index (χ3n) is 3.27. The standard InChI is InChI=1S/C15H15BrN2O2S2/c16-12-4-2-1-3-11(12)14(19)18-15-17-9-13(22-15)21-10-5-7-20-8-6-10/h1-4,9-10H,5-8H2,(H,17,18,19). The first-order valence-corrected chi connectivity index (χ1v) is 9.47. The number of ether oxygens (including phenoxy) is 1. The minimum atomic E-state index is -0.149. The Morgan fingerprint density at radius 2 is 2.14 bits per heavy atom. The van der Waals surface area contributed by atoms with Crippen molar-refractivity contribution in [3.8, 4) is 0 Å². The highest BCUT2D eigenvalue weighted by Gasteiger charge is 2.17. The molecule has 7 heteroatoms. The van der Waals surface area contributed by atoms with Gasteiger partial charge in [-0.2, -0.15) is 0 Å². The second-order valence-corrected chi connectivity index (χ2v) is 8.33. The molecule has 0 saturated carbocycles. The Morgan fingerprint density at radius 1 is 1.36 bits per heavy atom. The van der Waals surface area contributed by atoms with Crippen molar-refractivity contribution in [1.82, 2.24) is 4.98 Å². The second kappa shape index (κ2) is 7.59. The van der Waals surface area contributed by atoms with Crippen molar-refractivity contribution in [2.45, 2.75) is 22.3 Å². The Morgan fingerprint density at radius 3 is 2.91 bits per heavy atom. The van der Waals surface area contributed by atoms with Gasteiger partial charge < -0.3 is 4.74 Å². The summed E-state index contributed by atoms with van der Waals surface area (Å²) in [5.74, 6) is -0.149. The molecule has 1 fully saturated rings. The summed E-state index contributed by atoms with van der Waals surface area (Å²) in [5.41, 5.74) is 0.608. The molecular weight excluding hydrogens is 384 g/mol. The van der Waals surface area contributed by atoms with Crippen LogP contribution in [0.1, 0.15) is 23.2 Å². The number of anilines is 1. The maximum absolute atomic E-state index is 12.2. The summed E-state index contributed by atoms with van der Waals surface area (Å²) in [6.07, 6.45) is 3.98. The number of thioether (sulfide) groups is 1. The van der Waals surface area contributed by atoms with Gasteiger partial charge in [0, 0.05) is 22.9 Å². The number of hydrogen-bond acceptors (Lipinski definition) is 5. The molecule has 1 saturated heterocycles. The number of nitrogens with zero attached hydrogens (tertiary/aromatic N) is 1. The molecule has 1 aromatic heterocycles. The fraction of sp³-hybridized carbons (Fsp3) is 0.333. The highest BCUT2D eigenvalue weighted by molar-refractivity contribution is 9.10. The van der Waals surface area contributed by atoms with E-state index in [4.69, 9.17) is 4.74 Å². The zero-order chi connectivity index (χ0) is 15.4. The minimum Gasteiger partial charge on any atom is -0.381 e. The molecule has 0 aliphatic carbocycles. The third-order valence-corrected chi connectivity index (χ3v) is 6.35. The molecule has 3 rings (SSSR count). The van der Waals surface area contributed by atoms with E-state index in [9.17, 15) is 4.79 Å². The van der Waals surface area contributed by atoms with Crippen molar-refractivity contribution < 1.29 is 9.53 Å². The first-order valence-electron chi connectivity index (χ1n) is 6.98. The number of hydrogen-bond donors (Lipinski definition) is 1. The van der Waals surface area contributed by atoms with Crippen molar-refractivity contribution >= 4 is 50.1 Å². The van der Waals surface area contributed by atoms with Crippen molar-refractivity contribution in [3.05, 3.63) is 40.5 Å². The highest BCUT2D eigenvalue weighted by atomic mass is 79.9. The lowest BCUT2D eigenvalue weighted by atomic mass is 10.2. The Balaban J connectivity index is 1.61. The molecule has 0 radical (unpaired) electrons. The van der Waals surface area contributed by atoms with Gasteiger partial charge in [0.1, 0.15) is 0 Å². The Labute approximate surface area is 145 Å². The lowest BCUT2D eigenvalue weighted by Gasteiger charge is -2.20. The number of benzene rings is 1. The van der Waals surface area contributed by atoms with Gasteiger partial charge in [-0.1, -0.05) is 23.5 Å². The zero-order valence-corrected chi connectivity index (χ0v) is 15.0. The van der Waals surface area contributed by atoms with Crippen LogP contribution in [-0.4, -0.2) is 29.4 Å². The van der Waals surface area contributed by atoms with E-state index in [0.717, 1.165) is 34.7 Å². The summed E-state index contributed by atoms with van der Waals surface area (Å²) in [4.78, 5) is 16.5. The van der Waals surface area contributed by atoms with Gasteiger partial charge in [0.05, 0.1) is 16.0 Å². The Bertz CT molecular complexity index is 656. The SMILES string of the molecule is O=C(Nc1ncc(SC2CCOCC2)s1)c1ccccc1Br. The minimum absolute atomic E-state index is 0.149. The molecule has 0 spiro atoms. The van der Waals surface area contributed by atoms with Crippen molar-refractivity contribution in [3.63, 3.8) is 0 Å². The van der Waals surface area contributed by atoms with Crippen LogP contribution in [0.3, 0.4) is 0 Å². The molecule has 22 heavy (non-hydrogen) atoms. The zero-order valence-electron chi connectivity index (χ0n) is 11.8. The first-order chi connectivity index (χ1) is 10.7. The number of carbonyl (C=O) groups is 1. The van der Waals surface area contributed by atoms with E-state index >= 15 is 0 Å². The van der Waals surface area contributed by atoms with Gasteiger partial charge in [0.2, 0.25) is 0 Å². The largest absolute Gasteiger partial charge is 0.381 e. The number of halogens is 1. The molecule has 1 aliphatic rings. The van der Waals surface area contributed by atoms with Crippen LogP contribution in [0.4, 0.5) is 5.13 Å². The topological polar surface area (TPSA) is 51.2 Å². The average molecular weight is 399 g/mol. The summed E-state index contributed by atoms with van der Waals surface area (Å²) < 4.78 is 7.28. The summed E-state index contributed by atoms with van der Waals surface area (Å²) >= 11 is 6.73. The quantitative estimate of drug-likeness (QED) is 0.827. The van der Waals surface area contributed by atoms with Crippen LogP contribution in [0.25, 0.3) is 0 Å². The number of rotatable bonds is 4. The molecule has 1 N–H and O–H groups in total. The van der Waals surface area contributed by atoms with Gasteiger partial charge in [0.15, 0.2) is 5.13 Å². The normalized spacial score (nSPS) is 15.7. The monoisotopic (exact) mass is 398 g/mol. The fourth-order valence-corrected chi connectivity index (χ4v) is 4.86. The van der Waals surface area contributed by atoms with Gasteiger partial charge in [-0.3, -0.25) is 10.1 Å². The Hall–Kier alpha value is -0.890. The maximum atomic E-state index is 12.2. The molecule has 1 aromatic carbocycles. The van der Waals surface area contributed by atoms with Crippen LogP contribution >= 0.6 is 39.0 Å². The predicted octanol–water partition coefficient (Wildman–Crippen LogP) is 4.43. The van der Waals surface area contributed by atoms with Crippen LogP contribution in [0.15, 0.2) is 39.1 Å². The third kappa shape index (κ3) is 4.10. The van der Waals surface area contributed by atoms with Gasteiger partial charge in [-0.05, 0) is 40.9 Å². The number of amides is 1. The van der Waals surface area contributed by atoms with E-state index in [1.165, 1.54) is 11.3 Å². The van der Waals surface area contributed by atoms with Crippen molar-refractivity contribution in [2.24, 2.45) is 0 Å². The molecule has 0 atom stereocenters. The second-order valence-electron chi connectivity index (χ2n) is 4.85. The molecule has 1 aliphatic heterocycles. The molecule has 1 amide bonds. The maximum Gasteiger partial charge on any atom is 0.258 e. The van der Waals surface area contributed by atoms with E-state index < -0.39 is 0 Å². The van der Waals surface area contributed by atoms with E-state index in [1.807, 2.05) is 36.2 Å². The number of carbonyl (C=O) groups excluding carboxylic acids is 1. The van der Waals surface area contributed by atoms with E-state index in [-0.39, 0.29) is 5.91 Å². The number of thiazole rings is 1. The highest BCUT2D eigenvalue weighted by Crippen LogP contribution is 2.35. The van der Waals surface area contributed by atoms with Crippen LogP contribution < -0.4 is 5.32 Å². The van der Waals surface area contributed by atoms with E-state index in [1.54, 1.807) is 6.07 Å². The van der Waals surface area contributed by atoms with Crippen LogP contribution in [0.5, 0.6) is 0 Å². The smallest absolute Gasteiger partial charge is 0.258 e. The Kier molecular flexibility index (Phi) is 5.51. The summed E-state index contributed by atoms with van der Waals surface area (Å²) in [7, 11) is 0. The molecule has 0 bridgehead atoms. The number of aromatic nitrogens is 1. The molecule has 0 unspecified atom stereocenters. The number of nitrogens with one attached hydrogen (secondary N) is 1. The van der Waals surface area contributed by atoms with Crippen LogP contribution in [0.2, 0.25) is 0 Å². The lowest BCUT2D eigenvalue weighted by molar-refractivity contribution is 0.1000. The summed E-state index contributed by atoms with van der Waals surface area (Å²) in [6, 6.07) is 7.36. The molecule has 4 nitrogen and oxygen atoms in total. The molecule has 2 aromatic rings. The fourth-order valence-electron chi connectivity index (χ4n) is 2.14. The average Bonchev–Trinajstić information content (AvgIpc) is 2.95. The van der Waals surface area contributed by atoms with E-state index in [2.05, 4.69) is 26.2 Å². The summed E-state index contributed by atoms with van der Waals surface area (Å²) in [6.45, 7) is 1.67. The van der Waals surface area contributed by atoms with Gasteiger partial charge in [-0.15, -0.1) is 11.8 Å². The molecule has 2 heterocycles. The van der Waals surface area contributed by atoms with Gasteiger partial charge in [-0.25, -0.2) is 4.98 Å². The van der Waals surface area contributed by atoms with Crippen LogP contribution in [0, 0.1) is 0 Å². The predicted molar refractivity (Wildman–Crippen MR) is 93.9 cm³/mol. The van der Waals surface area contributed by atoms with Crippen LogP contribution in [-0.2, 0) is 4.74 Å². The molecular formula is C15H15BrN2O2S2. The van der Waals surface area contributed by atoms with Gasteiger partial charge in [0.25, 0.3) is 5.91 Å². The van der Waals surface area contributed by atoms with E-state index in [0.29, 0.717) is 15.9 Å². The molecule has 116 valence electrons. The lowest BCUT2D eigenvalue weighted by Crippen LogP contribution is -2.17. The summed E-state index contributed by atoms with van der Waals surface area (Å²) in [5, 5.41) is 4.08. The van der Waals surface area contributed by atoms with Gasteiger partial charge >= 0.3 is 0 Å².